The molecule has 180 valence electrons. The van der Waals surface area contributed by atoms with Crippen LogP contribution in [0.2, 0.25) is 0 Å². The van der Waals surface area contributed by atoms with E-state index in [1.54, 1.807) is 19.1 Å². The first kappa shape index (κ1) is 26.3. The van der Waals surface area contributed by atoms with Gasteiger partial charge in [0, 0.05) is 31.5 Å². The number of hydrogen-bond acceptors (Lipinski definition) is 5. The fourth-order valence-electron chi connectivity index (χ4n) is 4.35. The number of carbonyl (C=O) groups excluding carboxylic acids is 2. The van der Waals surface area contributed by atoms with Gasteiger partial charge in [-0.3, -0.25) is 9.59 Å². The standard InChI is InChI=1S/C24H38N2O5S/c1-18(2)17-23(24(28)26-15-6-5-7-16-26)22(19(3)27)9-8-14-25-32(29,30)21-12-10-20(31-4)11-13-21/h10-13,18,22-23,25H,5-9,14-17H2,1-4H3/t22-,23-/m1/s1. The van der Waals surface area contributed by atoms with E-state index in [4.69, 9.17) is 4.74 Å². The summed E-state index contributed by atoms with van der Waals surface area (Å²) in [5.74, 6) is 0.226. The summed E-state index contributed by atoms with van der Waals surface area (Å²) in [5, 5.41) is 0. The van der Waals surface area contributed by atoms with Crippen LogP contribution < -0.4 is 9.46 Å². The van der Waals surface area contributed by atoms with Crippen molar-refractivity contribution >= 4 is 21.7 Å². The second-order valence-electron chi connectivity index (χ2n) is 9.05. The molecule has 1 heterocycles. The first-order valence-corrected chi connectivity index (χ1v) is 13.1. The number of nitrogens with one attached hydrogen (secondary N) is 1. The molecule has 1 fully saturated rings. The normalized spacial score (nSPS) is 16.6. The summed E-state index contributed by atoms with van der Waals surface area (Å²) < 4.78 is 32.7. The van der Waals surface area contributed by atoms with Crippen LogP contribution in [0.3, 0.4) is 0 Å². The zero-order valence-corrected chi connectivity index (χ0v) is 20.6. The van der Waals surface area contributed by atoms with Gasteiger partial charge in [0.2, 0.25) is 15.9 Å². The quantitative estimate of drug-likeness (QED) is 0.475. The van der Waals surface area contributed by atoms with Crippen molar-refractivity contribution in [3.63, 3.8) is 0 Å². The zero-order chi connectivity index (χ0) is 23.7. The van der Waals surface area contributed by atoms with E-state index in [2.05, 4.69) is 18.6 Å². The zero-order valence-electron chi connectivity index (χ0n) is 19.8. The lowest BCUT2D eigenvalue weighted by Crippen LogP contribution is -2.44. The summed E-state index contributed by atoms with van der Waals surface area (Å²) in [5.41, 5.74) is 0. The predicted octanol–water partition coefficient (Wildman–Crippen LogP) is 3.63. The molecule has 32 heavy (non-hydrogen) atoms. The maximum Gasteiger partial charge on any atom is 0.240 e. The van der Waals surface area contributed by atoms with Crippen LogP contribution in [0.5, 0.6) is 5.75 Å². The van der Waals surface area contributed by atoms with Crippen molar-refractivity contribution in [1.29, 1.82) is 0 Å². The molecule has 1 saturated heterocycles. The Balaban J connectivity index is 2.00. The lowest BCUT2D eigenvalue weighted by Gasteiger charge is -2.34. The summed E-state index contributed by atoms with van der Waals surface area (Å²) in [6.45, 7) is 7.42. The Morgan fingerprint density at radius 1 is 1.06 bits per heavy atom. The van der Waals surface area contributed by atoms with Gasteiger partial charge in [-0.15, -0.1) is 0 Å². The monoisotopic (exact) mass is 466 g/mol. The summed E-state index contributed by atoms with van der Waals surface area (Å²) in [6.07, 6.45) is 4.80. The minimum atomic E-state index is -3.64. The third-order valence-electron chi connectivity index (χ3n) is 6.07. The van der Waals surface area contributed by atoms with E-state index < -0.39 is 15.9 Å². The number of amides is 1. The van der Waals surface area contributed by atoms with E-state index in [0.29, 0.717) is 30.9 Å². The minimum absolute atomic E-state index is 0.000906. The van der Waals surface area contributed by atoms with Crippen molar-refractivity contribution in [2.24, 2.45) is 17.8 Å². The summed E-state index contributed by atoms with van der Waals surface area (Å²) in [4.78, 5) is 27.8. The van der Waals surface area contributed by atoms with E-state index in [-0.39, 0.29) is 29.0 Å². The molecule has 0 saturated carbocycles. The van der Waals surface area contributed by atoms with Crippen molar-refractivity contribution in [3.8, 4) is 5.75 Å². The molecule has 2 rings (SSSR count). The van der Waals surface area contributed by atoms with Crippen LogP contribution in [0.15, 0.2) is 29.2 Å². The number of carbonyl (C=O) groups is 2. The molecular formula is C24H38N2O5S. The second kappa shape index (κ2) is 12.3. The van der Waals surface area contributed by atoms with Gasteiger partial charge in [-0.1, -0.05) is 13.8 Å². The Morgan fingerprint density at radius 2 is 1.69 bits per heavy atom. The highest BCUT2D eigenvalue weighted by molar-refractivity contribution is 7.89. The van der Waals surface area contributed by atoms with Crippen molar-refractivity contribution in [1.82, 2.24) is 9.62 Å². The van der Waals surface area contributed by atoms with Crippen LogP contribution in [0, 0.1) is 17.8 Å². The van der Waals surface area contributed by atoms with Crippen LogP contribution >= 0.6 is 0 Å². The Bertz CT molecular complexity index is 846. The third kappa shape index (κ3) is 7.59. The third-order valence-corrected chi connectivity index (χ3v) is 7.55. The number of hydrogen-bond donors (Lipinski definition) is 1. The molecule has 1 aliphatic rings. The Hall–Kier alpha value is -1.93. The molecule has 1 aromatic carbocycles. The number of ether oxygens (including phenoxy) is 1. The lowest BCUT2D eigenvalue weighted by molar-refractivity contribution is -0.142. The van der Waals surface area contributed by atoms with Gasteiger partial charge < -0.3 is 9.64 Å². The molecule has 8 heteroatoms. The van der Waals surface area contributed by atoms with Gasteiger partial charge in [0.1, 0.15) is 11.5 Å². The highest BCUT2D eigenvalue weighted by Crippen LogP contribution is 2.29. The summed E-state index contributed by atoms with van der Waals surface area (Å²) in [7, 11) is -2.12. The van der Waals surface area contributed by atoms with E-state index in [0.717, 1.165) is 32.4 Å². The summed E-state index contributed by atoms with van der Waals surface area (Å²) in [6, 6.07) is 6.19. The van der Waals surface area contributed by atoms with Gasteiger partial charge in [0.25, 0.3) is 0 Å². The maximum absolute atomic E-state index is 13.3. The summed E-state index contributed by atoms with van der Waals surface area (Å²) >= 11 is 0. The number of benzene rings is 1. The van der Waals surface area contributed by atoms with Crippen molar-refractivity contribution in [3.05, 3.63) is 24.3 Å². The second-order valence-corrected chi connectivity index (χ2v) is 10.8. The van der Waals surface area contributed by atoms with Gasteiger partial charge >= 0.3 is 0 Å². The Labute approximate surface area is 193 Å². The minimum Gasteiger partial charge on any atom is -0.497 e. The van der Waals surface area contributed by atoms with Gasteiger partial charge in [-0.2, -0.15) is 0 Å². The topological polar surface area (TPSA) is 92.8 Å². The van der Waals surface area contributed by atoms with E-state index in [9.17, 15) is 18.0 Å². The molecule has 0 aromatic heterocycles. The van der Waals surface area contributed by atoms with Crippen LogP contribution in [0.4, 0.5) is 0 Å². The molecule has 0 unspecified atom stereocenters. The Morgan fingerprint density at radius 3 is 2.22 bits per heavy atom. The molecule has 1 N–H and O–H groups in total. The van der Waals surface area contributed by atoms with Crippen LogP contribution in [0.25, 0.3) is 0 Å². The van der Waals surface area contributed by atoms with E-state index >= 15 is 0 Å². The fraction of sp³-hybridized carbons (Fsp3) is 0.667. The van der Waals surface area contributed by atoms with Crippen LogP contribution in [0.1, 0.15) is 59.3 Å². The SMILES string of the molecule is COc1ccc(S(=O)(=O)NCCC[C@H](C(C)=O)[C@@H](CC(C)C)C(=O)N2CCCCC2)cc1. The van der Waals surface area contributed by atoms with Crippen molar-refractivity contribution in [2.75, 3.05) is 26.7 Å². The maximum atomic E-state index is 13.3. The number of piperidine rings is 1. The average molecular weight is 467 g/mol. The number of sulfonamides is 1. The van der Waals surface area contributed by atoms with Crippen LogP contribution in [-0.2, 0) is 19.6 Å². The fourth-order valence-corrected chi connectivity index (χ4v) is 5.42. The van der Waals surface area contributed by atoms with Gasteiger partial charge in [-0.25, -0.2) is 13.1 Å². The van der Waals surface area contributed by atoms with E-state index in [1.165, 1.54) is 19.2 Å². The predicted molar refractivity (Wildman–Crippen MR) is 125 cm³/mol. The van der Waals surface area contributed by atoms with Gasteiger partial charge in [0.05, 0.1) is 12.0 Å². The molecule has 1 aromatic rings. The van der Waals surface area contributed by atoms with Gasteiger partial charge in [-0.05, 0) is 75.6 Å². The molecule has 1 aliphatic heterocycles. The van der Waals surface area contributed by atoms with Crippen molar-refractivity contribution < 1.29 is 22.7 Å². The largest absolute Gasteiger partial charge is 0.497 e. The number of ketones is 1. The molecule has 0 bridgehead atoms. The highest BCUT2D eigenvalue weighted by atomic mass is 32.2. The Kier molecular flexibility index (Phi) is 10.2. The van der Waals surface area contributed by atoms with Crippen molar-refractivity contribution in [2.45, 2.75) is 64.2 Å². The van der Waals surface area contributed by atoms with Crippen LogP contribution in [-0.4, -0.2) is 51.8 Å². The molecule has 0 radical (unpaired) electrons. The van der Waals surface area contributed by atoms with Gasteiger partial charge in [0.15, 0.2) is 0 Å². The molecular weight excluding hydrogens is 428 g/mol. The average Bonchev–Trinajstić information content (AvgIpc) is 2.77. The first-order valence-electron chi connectivity index (χ1n) is 11.6. The molecule has 1 amide bonds. The number of methoxy groups -OCH3 is 1. The first-order chi connectivity index (χ1) is 15.2. The number of nitrogens with zero attached hydrogens (tertiary/aromatic N) is 1. The molecule has 0 aliphatic carbocycles. The number of rotatable bonds is 12. The lowest BCUT2D eigenvalue weighted by atomic mass is 9.79. The molecule has 7 nitrogen and oxygen atoms in total. The highest BCUT2D eigenvalue weighted by Gasteiger charge is 2.35. The number of likely N-dealkylation sites (tertiary alicyclic amines) is 1. The molecule has 0 spiro atoms. The molecule has 2 atom stereocenters. The number of Topliss-reactive ketones (excluding diaryl/α,β-unsaturated/α-hetero) is 1. The van der Waals surface area contributed by atoms with E-state index in [1.807, 2.05) is 4.90 Å². The smallest absolute Gasteiger partial charge is 0.240 e.